The highest BCUT2D eigenvalue weighted by Gasteiger charge is 2.09. The maximum Gasteiger partial charge on any atom is 0.157 e. The van der Waals surface area contributed by atoms with Gasteiger partial charge in [-0.3, -0.25) is 0 Å². The molecule has 0 fully saturated rings. The smallest absolute Gasteiger partial charge is 0.157 e. The number of nitrogen functional groups attached to an aromatic ring is 1. The van der Waals surface area contributed by atoms with E-state index in [9.17, 15) is 0 Å². The summed E-state index contributed by atoms with van der Waals surface area (Å²) in [5.74, 6) is 0.579. The molecular weight excluding hydrogens is 248 g/mol. The minimum Gasteiger partial charge on any atom is -0.383 e. The van der Waals surface area contributed by atoms with Crippen LogP contribution in [-0.4, -0.2) is 14.6 Å². The first-order chi connectivity index (χ1) is 8.65. The lowest BCUT2D eigenvalue weighted by molar-refractivity contribution is 0.930. The van der Waals surface area contributed by atoms with E-state index in [1.807, 2.05) is 37.3 Å². The number of anilines is 1. The molecule has 0 aliphatic carbocycles. The molecule has 2 heterocycles. The highest BCUT2D eigenvalue weighted by Crippen LogP contribution is 2.26. The van der Waals surface area contributed by atoms with Gasteiger partial charge in [-0.1, -0.05) is 23.7 Å². The lowest BCUT2D eigenvalue weighted by Gasteiger charge is -2.07. The summed E-state index contributed by atoms with van der Waals surface area (Å²) >= 11 is 5.87. The molecule has 0 radical (unpaired) electrons. The van der Waals surface area contributed by atoms with Crippen LogP contribution in [0.1, 0.15) is 5.69 Å². The van der Waals surface area contributed by atoms with Gasteiger partial charge in [-0.25, -0.2) is 4.98 Å². The second-order valence-electron chi connectivity index (χ2n) is 4.12. The van der Waals surface area contributed by atoms with Gasteiger partial charge in [-0.05, 0) is 24.6 Å². The third-order valence-electron chi connectivity index (χ3n) is 2.80. The fourth-order valence-electron chi connectivity index (χ4n) is 1.92. The number of fused-ring (bicyclic) bond motifs is 1. The van der Waals surface area contributed by atoms with Crippen molar-refractivity contribution in [1.82, 2.24) is 14.6 Å². The molecule has 0 spiro atoms. The third-order valence-corrected chi connectivity index (χ3v) is 3.05. The average Bonchev–Trinajstić information content (AvgIpc) is 2.73. The number of aryl methyl sites for hydroxylation is 1. The van der Waals surface area contributed by atoms with Gasteiger partial charge in [0.25, 0.3) is 0 Å². The number of halogens is 1. The number of rotatable bonds is 1. The Balaban J connectivity index is 2.23. The van der Waals surface area contributed by atoms with Crippen molar-refractivity contribution in [3.63, 3.8) is 0 Å². The van der Waals surface area contributed by atoms with E-state index in [1.165, 1.54) is 0 Å². The van der Waals surface area contributed by atoms with Crippen molar-refractivity contribution in [2.75, 3.05) is 5.73 Å². The summed E-state index contributed by atoms with van der Waals surface area (Å²) in [5, 5.41) is 5.02. The van der Waals surface area contributed by atoms with Crippen LogP contribution in [0.4, 0.5) is 5.82 Å². The average molecular weight is 259 g/mol. The first kappa shape index (κ1) is 11.0. The molecule has 90 valence electrons. The molecule has 3 aromatic rings. The minimum atomic E-state index is 0.579. The van der Waals surface area contributed by atoms with Gasteiger partial charge >= 0.3 is 0 Å². The number of nitrogens with two attached hydrogens (primary N) is 1. The van der Waals surface area contributed by atoms with Crippen molar-refractivity contribution < 1.29 is 0 Å². The molecule has 2 N–H and O–H groups in total. The van der Waals surface area contributed by atoms with Gasteiger partial charge in [-0.15, -0.1) is 0 Å². The van der Waals surface area contributed by atoms with E-state index in [0.717, 1.165) is 22.5 Å². The number of nitrogens with zero attached hydrogens (tertiary/aromatic N) is 3. The molecule has 0 unspecified atom stereocenters. The highest BCUT2D eigenvalue weighted by atomic mass is 35.5. The van der Waals surface area contributed by atoms with Crippen LogP contribution in [0, 0.1) is 6.92 Å². The Morgan fingerprint density at radius 1 is 1.22 bits per heavy atom. The Morgan fingerprint density at radius 2 is 1.94 bits per heavy atom. The first-order valence-corrected chi connectivity index (χ1v) is 5.90. The number of hydrogen-bond donors (Lipinski definition) is 1. The van der Waals surface area contributed by atoms with E-state index >= 15 is 0 Å². The van der Waals surface area contributed by atoms with E-state index in [0.29, 0.717) is 10.8 Å². The van der Waals surface area contributed by atoms with Crippen LogP contribution in [0.5, 0.6) is 0 Å². The molecule has 0 atom stereocenters. The van der Waals surface area contributed by atoms with Crippen molar-refractivity contribution in [1.29, 1.82) is 0 Å². The van der Waals surface area contributed by atoms with Crippen LogP contribution < -0.4 is 5.73 Å². The molecule has 5 heteroatoms. The van der Waals surface area contributed by atoms with Gasteiger partial charge in [0.05, 0.1) is 5.69 Å². The molecule has 2 aromatic heterocycles. The van der Waals surface area contributed by atoms with Crippen LogP contribution in [0.25, 0.3) is 16.8 Å². The zero-order chi connectivity index (χ0) is 12.7. The molecular formula is C13H11ClN4. The molecule has 0 aliphatic heterocycles. The van der Waals surface area contributed by atoms with Crippen LogP contribution in [-0.2, 0) is 0 Å². The molecule has 1 aromatic carbocycles. The maximum absolute atomic E-state index is 6.13. The normalized spacial score (nSPS) is 11.0. The molecule has 0 bridgehead atoms. The summed E-state index contributed by atoms with van der Waals surface area (Å²) in [7, 11) is 0. The number of benzene rings is 1. The van der Waals surface area contributed by atoms with Crippen LogP contribution in [0.15, 0.2) is 36.5 Å². The summed E-state index contributed by atoms with van der Waals surface area (Å²) in [5.41, 5.74) is 9.59. The Bertz CT molecular complexity index is 716. The van der Waals surface area contributed by atoms with Crippen molar-refractivity contribution >= 4 is 23.1 Å². The van der Waals surface area contributed by atoms with Gasteiger partial charge in [0, 0.05) is 22.8 Å². The second-order valence-corrected chi connectivity index (χ2v) is 4.56. The lowest BCUT2D eigenvalue weighted by Crippen LogP contribution is -2.02. The monoisotopic (exact) mass is 258 g/mol. The quantitative estimate of drug-likeness (QED) is 0.730. The standard InChI is InChI=1S/C13H11ClN4/c1-8-6-12-16-7-11(13(15)18(12)17-8)9-2-4-10(14)5-3-9/h2-7H,15H2,1H3. The topological polar surface area (TPSA) is 56.2 Å². The third kappa shape index (κ3) is 1.71. The summed E-state index contributed by atoms with van der Waals surface area (Å²) in [6.07, 6.45) is 1.76. The molecule has 18 heavy (non-hydrogen) atoms. The van der Waals surface area contributed by atoms with Gasteiger partial charge in [0.2, 0.25) is 0 Å². The lowest BCUT2D eigenvalue weighted by atomic mass is 10.1. The Kier molecular flexibility index (Phi) is 2.45. The second kappa shape index (κ2) is 3.99. The molecule has 0 aliphatic rings. The zero-order valence-electron chi connectivity index (χ0n) is 9.76. The molecule has 4 nitrogen and oxygen atoms in total. The molecule has 0 amide bonds. The number of aromatic nitrogens is 3. The first-order valence-electron chi connectivity index (χ1n) is 5.52. The van der Waals surface area contributed by atoms with Crippen molar-refractivity contribution in [3.8, 4) is 11.1 Å². The Hall–Kier alpha value is -2.07. The Morgan fingerprint density at radius 3 is 2.67 bits per heavy atom. The Labute approximate surface area is 109 Å². The molecule has 3 rings (SSSR count). The summed E-state index contributed by atoms with van der Waals surface area (Å²) in [6.45, 7) is 1.91. The van der Waals surface area contributed by atoms with Crippen LogP contribution in [0.2, 0.25) is 5.02 Å². The number of hydrogen-bond acceptors (Lipinski definition) is 3. The predicted molar refractivity (Wildman–Crippen MR) is 72.6 cm³/mol. The van der Waals surface area contributed by atoms with E-state index in [-0.39, 0.29) is 0 Å². The van der Waals surface area contributed by atoms with Crippen LogP contribution >= 0.6 is 11.6 Å². The summed E-state index contributed by atoms with van der Waals surface area (Å²) in [6, 6.07) is 9.38. The molecule has 0 saturated carbocycles. The van der Waals surface area contributed by atoms with E-state index < -0.39 is 0 Å². The van der Waals surface area contributed by atoms with Crippen LogP contribution in [0.3, 0.4) is 0 Å². The van der Waals surface area contributed by atoms with Gasteiger partial charge in [0.15, 0.2) is 5.65 Å². The zero-order valence-corrected chi connectivity index (χ0v) is 10.5. The van der Waals surface area contributed by atoms with Gasteiger partial charge in [-0.2, -0.15) is 9.61 Å². The van der Waals surface area contributed by atoms with Gasteiger partial charge < -0.3 is 5.73 Å². The van der Waals surface area contributed by atoms with Crippen molar-refractivity contribution in [2.45, 2.75) is 6.92 Å². The predicted octanol–water partition coefficient (Wildman–Crippen LogP) is 2.94. The minimum absolute atomic E-state index is 0.579. The van der Waals surface area contributed by atoms with E-state index in [2.05, 4.69) is 10.1 Å². The van der Waals surface area contributed by atoms with Crippen molar-refractivity contribution in [2.24, 2.45) is 0 Å². The fraction of sp³-hybridized carbons (Fsp3) is 0.0769. The maximum atomic E-state index is 6.13. The SMILES string of the molecule is Cc1cc2ncc(-c3ccc(Cl)cc3)c(N)n2n1. The van der Waals surface area contributed by atoms with E-state index in [1.54, 1.807) is 10.7 Å². The highest BCUT2D eigenvalue weighted by molar-refractivity contribution is 6.30. The summed E-state index contributed by atoms with van der Waals surface area (Å²) in [4.78, 5) is 4.35. The largest absolute Gasteiger partial charge is 0.383 e. The van der Waals surface area contributed by atoms with Gasteiger partial charge in [0.1, 0.15) is 5.82 Å². The summed E-state index contributed by atoms with van der Waals surface area (Å²) < 4.78 is 1.65. The van der Waals surface area contributed by atoms with Crippen molar-refractivity contribution in [3.05, 3.63) is 47.2 Å². The van der Waals surface area contributed by atoms with E-state index in [4.69, 9.17) is 17.3 Å². The molecule has 0 saturated heterocycles. The fourth-order valence-corrected chi connectivity index (χ4v) is 2.04.